The van der Waals surface area contributed by atoms with E-state index in [0.717, 1.165) is 0 Å². The maximum Gasteiger partial charge on any atom is 0.311 e. The van der Waals surface area contributed by atoms with Crippen LogP contribution in [0.5, 0.6) is 0 Å². The zero-order valence-electron chi connectivity index (χ0n) is 8.32. The monoisotopic (exact) mass is 203 g/mol. The van der Waals surface area contributed by atoms with Gasteiger partial charge in [-0.15, -0.1) is 0 Å². The molecule has 0 aromatic carbocycles. The van der Waals surface area contributed by atoms with Gasteiger partial charge in [-0.25, -0.2) is 0 Å². The number of rotatable bonds is 5. The molecule has 0 aromatic rings. The van der Waals surface area contributed by atoms with Crippen LogP contribution in [0.15, 0.2) is 0 Å². The van der Waals surface area contributed by atoms with Crippen molar-refractivity contribution in [2.75, 3.05) is 26.8 Å². The van der Waals surface area contributed by atoms with Crippen molar-refractivity contribution in [2.45, 2.75) is 18.9 Å². The molecule has 0 saturated carbocycles. The second kappa shape index (κ2) is 4.72. The van der Waals surface area contributed by atoms with Crippen LogP contribution in [0.2, 0.25) is 0 Å². The van der Waals surface area contributed by atoms with Crippen LogP contribution in [-0.4, -0.2) is 49.1 Å². The van der Waals surface area contributed by atoms with Crippen molar-refractivity contribution in [3.63, 3.8) is 0 Å². The number of hydrogen-bond acceptors (Lipinski definition) is 4. The van der Waals surface area contributed by atoms with Gasteiger partial charge in [0.2, 0.25) is 0 Å². The quantitative estimate of drug-likeness (QED) is 0.558. The SMILES string of the molecule is COCC(O)CC1(C(=O)O)CCNC1. The third-order valence-electron chi connectivity index (χ3n) is 2.68. The fourth-order valence-electron chi connectivity index (χ4n) is 1.89. The van der Waals surface area contributed by atoms with Gasteiger partial charge in [0.05, 0.1) is 18.1 Å². The van der Waals surface area contributed by atoms with E-state index in [1.807, 2.05) is 0 Å². The maximum absolute atomic E-state index is 11.1. The average molecular weight is 203 g/mol. The van der Waals surface area contributed by atoms with E-state index < -0.39 is 17.5 Å². The van der Waals surface area contributed by atoms with Crippen LogP contribution in [0.1, 0.15) is 12.8 Å². The lowest BCUT2D eigenvalue weighted by molar-refractivity contribution is -0.150. The molecular weight excluding hydrogens is 186 g/mol. The first-order valence-electron chi connectivity index (χ1n) is 4.72. The van der Waals surface area contributed by atoms with Crippen molar-refractivity contribution in [1.82, 2.24) is 5.32 Å². The van der Waals surface area contributed by atoms with E-state index in [4.69, 9.17) is 9.84 Å². The molecular formula is C9H17NO4. The summed E-state index contributed by atoms with van der Waals surface area (Å²) in [6.45, 7) is 1.32. The summed E-state index contributed by atoms with van der Waals surface area (Å²) in [5, 5.41) is 21.6. The minimum absolute atomic E-state index is 0.190. The Hall–Kier alpha value is -0.650. The van der Waals surface area contributed by atoms with Gasteiger partial charge in [-0.1, -0.05) is 0 Å². The lowest BCUT2D eigenvalue weighted by atomic mass is 9.81. The van der Waals surface area contributed by atoms with Crippen LogP contribution in [0, 0.1) is 5.41 Å². The van der Waals surface area contributed by atoms with Crippen molar-refractivity contribution in [2.24, 2.45) is 5.41 Å². The first-order chi connectivity index (χ1) is 6.60. The third kappa shape index (κ3) is 2.43. The summed E-state index contributed by atoms with van der Waals surface area (Å²) in [4.78, 5) is 11.1. The maximum atomic E-state index is 11.1. The van der Waals surface area contributed by atoms with Crippen LogP contribution in [-0.2, 0) is 9.53 Å². The Balaban J connectivity index is 2.55. The van der Waals surface area contributed by atoms with Crippen LogP contribution in [0.4, 0.5) is 0 Å². The van der Waals surface area contributed by atoms with E-state index in [-0.39, 0.29) is 13.0 Å². The first kappa shape index (κ1) is 11.4. The summed E-state index contributed by atoms with van der Waals surface area (Å²) >= 11 is 0. The molecule has 0 bridgehead atoms. The normalized spacial score (nSPS) is 29.0. The number of aliphatic carboxylic acids is 1. The van der Waals surface area contributed by atoms with Crippen molar-refractivity contribution in [3.05, 3.63) is 0 Å². The molecule has 1 saturated heterocycles. The predicted octanol–water partition coefficient (Wildman–Crippen LogP) is -0.552. The van der Waals surface area contributed by atoms with Crippen molar-refractivity contribution in [1.29, 1.82) is 0 Å². The third-order valence-corrected chi connectivity index (χ3v) is 2.68. The molecule has 1 fully saturated rings. The summed E-state index contributed by atoms with van der Waals surface area (Å²) < 4.78 is 4.78. The highest BCUT2D eigenvalue weighted by Crippen LogP contribution is 2.31. The molecule has 14 heavy (non-hydrogen) atoms. The summed E-state index contributed by atoms with van der Waals surface area (Å²) in [5.74, 6) is -0.836. The molecule has 0 aromatic heterocycles. The van der Waals surface area contributed by atoms with E-state index in [1.54, 1.807) is 0 Å². The highest BCUT2D eigenvalue weighted by molar-refractivity contribution is 5.75. The molecule has 3 N–H and O–H groups in total. The van der Waals surface area contributed by atoms with Gasteiger partial charge in [-0.2, -0.15) is 0 Å². The van der Waals surface area contributed by atoms with E-state index >= 15 is 0 Å². The average Bonchev–Trinajstić information content (AvgIpc) is 2.54. The van der Waals surface area contributed by atoms with E-state index in [1.165, 1.54) is 7.11 Å². The summed E-state index contributed by atoms with van der Waals surface area (Å²) in [6.07, 6.45) is 0.128. The van der Waals surface area contributed by atoms with Crippen molar-refractivity contribution >= 4 is 5.97 Å². The zero-order chi connectivity index (χ0) is 10.6. The first-order valence-corrected chi connectivity index (χ1v) is 4.72. The van der Waals surface area contributed by atoms with E-state index in [9.17, 15) is 9.90 Å². The van der Waals surface area contributed by atoms with Gasteiger partial charge in [0.15, 0.2) is 0 Å². The van der Waals surface area contributed by atoms with E-state index in [2.05, 4.69) is 5.32 Å². The number of aliphatic hydroxyl groups is 1. The Kier molecular flexibility index (Phi) is 3.86. The molecule has 2 unspecified atom stereocenters. The fraction of sp³-hybridized carbons (Fsp3) is 0.889. The molecule has 82 valence electrons. The standard InChI is InChI=1S/C9H17NO4/c1-14-5-7(11)4-9(8(12)13)2-3-10-6-9/h7,10-11H,2-6H2,1H3,(H,12,13). The number of carboxylic acid groups (broad SMARTS) is 1. The Morgan fingerprint density at radius 2 is 2.43 bits per heavy atom. The second-order valence-corrected chi connectivity index (χ2v) is 3.83. The van der Waals surface area contributed by atoms with Crippen LogP contribution >= 0.6 is 0 Å². The topological polar surface area (TPSA) is 78.8 Å². The number of hydrogen-bond donors (Lipinski definition) is 3. The smallest absolute Gasteiger partial charge is 0.311 e. The van der Waals surface area contributed by atoms with Gasteiger partial charge < -0.3 is 20.3 Å². The van der Waals surface area contributed by atoms with Gasteiger partial charge in [0, 0.05) is 13.7 Å². The Morgan fingerprint density at radius 3 is 2.86 bits per heavy atom. The lowest BCUT2D eigenvalue weighted by Gasteiger charge is -2.25. The minimum atomic E-state index is -0.836. The van der Waals surface area contributed by atoms with Crippen molar-refractivity contribution in [3.8, 4) is 0 Å². The number of nitrogens with one attached hydrogen (secondary N) is 1. The van der Waals surface area contributed by atoms with Crippen molar-refractivity contribution < 1.29 is 19.7 Å². The summed E-state index contributed by atoms with van der Waals surface area (Å²) in [5.41, 5.74) is -0.808. The van der Waals surface area contributed by atoms with Crippen LogP contribution in [0.25, 0.3) is 0 Å². The molecule has 0 radical (unpaired) electrons. The zero-order valence-corrected chi connectivity index (χ0v) is 8.32. The molecule has 5 heteroatoms. The van der Waals surface area contributed by atoms with Gasteiger partial charge >= 0.3 is 5.97 Å². The minimum Gasteiger partial charge on any atom is -0.481 e. The summed E-state index contributed by atoms with van der Waals surface area (Å²) in [7, 11) is 1.49. The number of ether oxygens (including phenoxy) is 1. The predicted molar refractivity (Wildman–Crippen MR) is 50.1 cm³/mol. The second-order valence-electron chi connectivity index (χ2n) is 3.83. The van der Waals surface area contributed by atoms with Crippen LogP contribution in [0.3, 0.4) is 0 Å². The molecule has 0 spiro atoms. The number of carbonyl (C=O) groups is 1. The van der Waals surface area contributed by atoms with Gasteiger partial charge in [-0.3, -0.25) is 4.79 Å². The number of aliphatic hydroxyl groups excluding tert-OH is 1. The number of carboxylic acids is 1. The highest BCUT2D eigenvalue weighted by Gasteiger charge is 2.42. The molecule has 1 aliphatic rings. The summed E-state index contributed by atoms with van der Waals surface area (Å²) in [6, 6.07) is 0. The largest absolute Gasteiger partial charge is 0.481 e. The molecule has 1 rings (SSSR count). The Bertz CT molecular complexity index is 201. The van der Waals surface area contributed by atoms with Gasteiger partial charge in [0.1, 0.15) is 0 Å². The Labute approximate surface area is 83.1 Å². The fourth-order valence-corrected chi connectivity index (χ4v) is 1.89. The molecule has 0 amide bonds. The lowest BCUT2D eigenvalue weighted by Crippen LogP contribution is -2.38. The van der Waals surface area contributed by atoms with Crippen LogP contribution < -0.4 is 5.32 Å². The Morgan fingerprint density at radius 1 is 1.71 bits per heavy atom. The molecule has 1 aliphatic heterocycles. The molecule has 0 aliphatic carbocycles. The van der Waals surface area contributed by atoms with E-state index in [0.29, 0.717) is 19.5 Å². The number of methoxy groups -OCH3 is 1. The highest BCUT2D eigenvalue weighted by atomic mass is 16.5. The molecule has 5 nitrogen and oxygen atoms in total. The van der Waals surface area contributed by atoms with Gasteiger partial charge in [0.25, 0.3) is 0 Å². The van der Waals surface area contributed by atoms with Gasteiger partial charge in [-0.05, 0) is 19.4 Å². The molecule has 1 heterocycles. The molecule has 2 atom stereocenters.